The highest BCUT2D eigenvalue weighted by atomic mass is 16.5. The highest BCUT2D eigenvalue weighted by Crippen LogP contribution is 2.18. The number of ether oxygens (including phenoxy) is 1. The quantitative estimate of drug-likeness (QED) is 0.633. The Morgan fingerprint density at radius 1 is 1.07 bits per heavy atom. The summed E-state index contributed by atoms with van der Waals surface area (Å²) in [5, 5.41) is 6.28. The van der Waals surface area contributed by atoms with Gasteiger partial charge in [0.25, 0.3) is 5.91 Å². The summed E-state index contributed by atoms with van der Waals surface area (Å²) in [7, 11) is 1.67. The highest BCUT2D eigenvalue weighted by molar-refractivity contribution is 6.03. The molecule has 3 rings (SSSR count). The zero-order chi connectivity index (χ0) is 19.9. The lowest BCUT2D eigenvalue weighted by Gasteiger charge is -2.11. The maximum absolute atomic E-state index is 12.6. The third kappa shape index (κ3) is 5.10. The number of aryl methyl sites for hydroxylation is 2. The molecule has 1 amide bonds. The summed E-state index contributed by atoms with van der Waals surface area (Å²) < 4.78 is 5.25. The first-order valence-electron chi connectivity index (χ1n) is 9.26. The third-order valence-corrected chi connectivity index (χ3v) is 4.50. The number of amides is 1. The Hall–Kier alpha value is -3.34. The Balaban J connectivity index is 1.60. The van der Waals surface area contributed by atoms with Crippen molar-refractivity contribution >= 4 is 17.3 Å². The first kappa shape index (κ1) is 19.4. The molecule has 1 heterocycles. The number of carbonyl (C=O) groups excluding carboxylic acids is 1. The average molecular weight is 375 g/mol. The maximum atomic E-state index is 12.6. The first-order valence-corrected chi connectivity index (χ1v) is 9.26. The van der Waals surface area contributed by atoms with Crippen LogP contribution in [0.25, 0.3) is 0 Å². The lowest BCUT2D eigenvalue weighted by molar-refractivity contribution is 0.102. The minimum atomic E-state index is -0.219. The summed E-state index contributed by atoms with van der Waals surface area (Å²) in [5.74, 6) is 0.634. The fraction of sp³-hybridized carbons (Fsp3) is 0.217. The van der Waals surface area contributed by atoms with Gasteiger partial charge in [-0.05, 0) is 61.7 Å². The molecule has 0 spiro atoms. The second kappa shape index (κ2) is 9.04. The largest absolute Gasteiger partial charge is 0.497 e. The number of carbonyl (C=O) groups is 1. The van der Waals surface area contributed by atoms with Crippen LogP contribution in [-0.4, -0.2) is 24.5 Å². The van der Waals surface area contributed by atoms with Crippen LogP contribution in [0.15, 0.2) is 60.8 Å². The number of nitrogens with one attached hydrogen (secondary N) is 2. The van der Waals surface area contributed by atoms with Crippen LogP contribution in [0.4, 0.5) is 11.4 Å². The summed E-state index contributed by atoms with van der Waals surface area (Å²) in [6.45, 7) is 4.75. The SMILES string of the molecule is COc1cccc(CCNc2ccnc(C(=O)Nc3ccc(C)cc3C)c2)c1. The van der Waals surface area contributed by atoms with Crippen molar-refractivity contribution in [1.82, 2.24) is 4.98 Å². The number of aromatic nitrogens is 1. The highest BCUT2D eigenvalue weighted by Gasteiger charge is 2.10. The van der Waals surface area contributed by atoms with Crippen LogP contribution >= 0.6 is 0 Å². The Kier molecular flexibility index (Phi) is 6.27. The van der Waals surface area contributed by atoms with Crippen LogP contribution in [0.5, 0.6) is 5.75 Å². The number of hydrogen-bond acceptors (Lipinski definition) is 4. The van der Waals surface area contributed by atoms with Crippen molar-refractivity contribution in [3.63, 3.8) is 0 Å². The van der Waals surface area contributed by atoms with Crippen LogP contribution in [0, 0.1) is 13.8 Å². The van der Waals surface area contributed by atoms with Gasteiger partial charge in [-0.2, -0.15) is 0 Å². The van der Waals surface area contributed by atoms with E-state index in [1.807, 2.05) is 56.3 Å². The zero-order valence-electron chi connectivity index (χ0n) is 16.5. The normalized spacial score (nSPS) is 10.4. The Morgan fingerprint density at radius 2 is 1.93 bits per heavy atom. The summed E-state index contributed by atoms with van der Waals surface area (Å²) in [4.78, 5) is 16.8. The number of rotatable bonds is 7. The van der Waals surface area contributed by atoms with E-state index in [1.165, 1.54) is 5.56 Å². The van der Waals surface area contributed by atoms with E-state index in [2.05, 4.69) is 21.7 Å². The summed E-state index contributed by atoms with van der Waals surface area (Å²) in [5.41, 5.74) is 5.43. The van der Waals surface area contributed by atoms with E-state index in [0.717, 1.165) is 41.2 Å². The molecule has 0 atom stereocenters. The van der Waals surface area contributed by atoms with E-state index in [4.69, 9.17) is 4.74 Å². The van der Waals surface area contributed by atoms with E-state index in [-0.39, 0.29) is 5.91 Å². The van der Waals surface area contributed by atoms with Crippen LogP contribution in [0.1, 0.15) is 27.2 Å². The van der Waals surface area contributed by atoms with Gasteiger partial charge in [0.15, 0.2) is 0 Å². The maximum Gasteiger partial charge on any atom is 0.274 e. The standard InChI is InChI=1S/C23H25N3O2/c1-16-7-8-21(17(2)13-16)26-23(27)22-15-19(10-12-25-22)24-11-9-18-5-4-6-20(14-18)28-3/h4-8,10,12-15H,9,11H2,1-3H3,(H,24,25)(H,26,27). The van der Waals surface area contributed by atoms with Crippen molar-refractivity contribution < 1.29 is 9.53 Å². The fourth-order valence-corrected chi connectivity index (χ4v) is 2.98. The number of pyridine rings is 1. The van der Waals surface area contributed by atoms with Gasteiger partial charge in [-0.25, -0.2) is 0 Å². The van der Waals surface area contributed by atoms with Crippen LogP contribution in [-0.2, 0) is 6.42 Å². The summed E-state index contributed by atoms with van der Waals surface area (Å²) in [6, 6.07) is 17.6. The summed E-state index contributed by atoms with van der Waals surface area (Å²) >= 11 is 0. The summed E-state index contributed by atoms with van der Waals surface area (Å²) in [6.07, 6.45) is 2.49. The molecule has 2 N–H and O–H groups in total. The molecule has 5 heteroatoms. The number of nitrogens with zero attached hydrogens (tertiary/aromatic N) is 1. The molecule has 2 aromatic carbocycles. The molecule has 0 aliphatic heterocycles. The molecular formula is C23H25N3O2. The molecule has 0 aliphatic rings. The van der Waals surface area contributed by atoms with Gasteiger partial charge in [-0.15, -0.1) is 0 Å². The Bertz CT molecular complexity index is 970. The van der Waals surface area contributed by atoms with Gasteiger partial charge >= 0.3 is 0 Å². The molecule has 0 saturated carbocycles. The van der Waals surface area contributed by atoms with Crippen molar-refractivity contribution in [3.05, 3.63) is 83.2 Å². The topological polar surface area (TPSA) is 63.2 Å². The number of anilines is 2. The van der Waals surface area contributed by atoms with Crippen molar-refractivity contribution in [3.8, 4) is 5.75 Å². The van der Waals surface area contributed by atoms with Crippen molar-refractivity contribution in [1.29, 1.82) is 0 Å². The second-order valence-corrected chi connectivity index (χ2v) is 6.73. The predicted octanol–water partition coefficient (Wildman–Crippen LogP) is 4.61. The number of hydrogen-bond donors (Lipinski definition) is 2. The minimum Gasteiger partial charge on any atom is -0.497 e. The number of methoxy groups -OCH3 is 1. The molecule has 0 saturated heterocycles. The van der Waals surface area contributed by atoms with E-state index in [0.29, 0.717) is 5.69 Å². The lowest BCUT2D eigenvalue weighted by atomic mass is 10.1. The van der Waals surface area contributed by atoms with Crippen molar-refractivity contribution in [2.45, 2.75) is 20.3 Å². The molecule has 0 aliphatic carbocycles. The number of benzene rings is 2. The smallest absolute Gasteiger partial charge is 0.274 e. The van der Waals surface area contributed by atoms with Gasteiger partial charge in [0, 0.05) is 24.1 Å². The average Bonchev–Trinajstić information content (AvgIpc) is 2.70. The molecule has 28 heavy (non-hydrogen) atoms. The van der Waals surface area contributed by atoms with E-state index >= 15 is 0 Å². The Labute approximate surface area is 165 Å². The molecule has 0 fully saturated rings. The van der Waals surface area contributed by atoms with E-state index < -0.39 is 0 Å². The van der Waals surface area contributed by atoms with Crippen molar-refractivity contribution in [2.75, 3.05) is 24.3 Å². The zero-order valence-corrected chi connectivity index (χ0v) is 16.5. The second-order valence-electron chi connectivity index (χ2n) is 6.73. The molecule has 1 aromatic heterocycles. The van der Waals surface area contributed by atoms with E-state index in [1.54, 1.807) is 19.4 Å². The van der Waals surface area contributed by atoms with Crippen LogP contribution in [0.2, 0.25) is 0 Å². The van der Waals surface area contributed by atoms with Gasteiger partial charge in [0.05, 0.1) is 7.11 Å². The molecule has 144 valence electrons. The molecule has 0 bridgehead atoms. The third-order valence-electron chi connectivity index (χ3n) is 4.50. The predicted molar refractivity (Wildman–Crippen MR) is 113 cm³/mol. The van der Waals surface area contributed by atoms with Gasteiger partial charge in [-0.1, -0.05) is 29.8 Å². The fourth-order valence-electron chi connectivity index (χ4n) is 2.98. The van der Waals surface area contributed by atoms with Gasteiger partial charge in [-0.3, -0.25) is 9.78 Å². The molecule has 0 radical (unpaired) electrons. The van der Waals surface area contributed by atoms with Crippen LogP contribution in [0.3, 0.4) is 0 Å². The van der Waals surface area contributed by atoms with Crippen LogP contribution < -0.4 is 15.4 Å². The van der Waals surface area contributed by atoms with Gasteiger partial charge in [0.1, 0.15) is 11.4 Å². The van der Waals surface area contributed by atoms with Crippen molar-refractivity contribution in [2.24, 2.45) is 0 Å². The molecule has 3 aromatic rings. The lowest BCUT2D eigenvalue weighted by Crippen LogP contribution is -2.15. The molecule has 0 unspecified atom stereocenters. The molecule has 5 nitrogen and oxygen atoms in total. The Morgan fingerprint density at radius 3 is 2.71 bits per heavy atom. The minimum absolute atomic E-state index is 0.219. The first-order chi connectivity index (χ1) is 13.5. The van der Waals surface area contributed by atoms with Gasteiger partial charge in [0.2, 0.25) is 0 Å². The van der Waals surface area contributed by atoms with E-state index in [9.17, 15) is 4.79 Å². The monoisotopic (exact) mass is 375 g/mol. The molecular weight excluding hydrogens is 350 g/mol. The van der Waals surface area contributed by atoms with Gasteiger partial charge < -0.3 is 15.4 Å².